The number of aliphatic hydroxyl groups is 1. The minimum atomic E-state index is -0.747. The van der Waals surface area contributed by atoms with Crippen LogP contribution in [0.5, 0.6) is 0 Å². The number of ether oxygens (including phenoxy) is 2. The summed E-state index contributed by atoms with van der Waals surface area (Å²) in [5.74, 6) is -1.97. The van der Waals surface area contributed by atoms with Gasteiger partial charge >= 0.3 is 11.9 Å². The van der Waals surface area contributed by atoms with E-state index in [-0.39, 0.29) is 47.4 Å². The van der Waals surface area contributed by atoms with Crippen LogP contribution in [-0.2, 0) is 14.3 Å². The van der Waals surface area contributed by atoms with Crippen LogP contribution in [0.25, 0.3) is 16.0 Å². The van der Waals surface area contributed by atoms with Crippen molar-refractivity contribution < 1.29 is 29.0 Å². The molecular weight excluding hydrogens is 394 g/mol. The topological polar surface area (TPSA) is 164 Å². The van der Waals surface area contributed by atoms with Gasteiger partial charge in [0, 0.05) is 22.9 Å². The van der Waals surface area contributed by atoms with Crippen molar-refractivity contribution in [2.45, 2.75) is 13.8 Å². The van der Waals surface area contributed by atoms with Crippen LogP contribution in [0, 0.1) is 0 Å². The lowest BCUT2D eigenvalue weighted by Gasteiger charge is -2.08. The molecule has 11 nitrogen and oxygen atoms in total. The number of esters is 2. The van der Waals surface area contributed by atoms with E-state index in [9.17, 15) is 19.5 Å². The molecule has 0 atom stereocenters. The lowest BCUT2D eigenvalue weighted by molar-refractivity contribution is -0.111. The van der Waals surface area contributed by atoms with Crippen LogP contribution in [0.1, 0.15) is 40.4 Å². The van der Waals surface area contributed by atoms with Gasteiger partial charge in [0.05, 0.1) is 11.3 Å². The number of rotatable bonds is 8. The minimum absolute atomic E-state index is 0.00368. The summed E-state index contributed by atoms with van der Waals surface area (Å²) >= 11 is 0. The molecule has 0 spiro atoms. The summed E-state index contributed by atoms with van der Waals surface area (Å²) in [7, 11) is 0. The standard InChI is InChI=1S/C19H17N5O6/c1-11(25)17(12(2)26)13-3-5-15(21-9-13)18(27)29-7-8-30-19(28)16-6-4-14(10-22-16)23-24-20/h3-6,9-10,25H,7-8H2,1-2H3. The number of carbonyl (C=O) groups excluding carboxylic acids is 3. The van der Waals surface area contributed by atoms with Gasteiger partial charge in [0.15, 0.2) is 5.78 Å². The predicted molar refractivity (Wildman–Crippen MR) is 104 cm³/mol. The van der Waals surface area contributed by atoms with Crippen LogP contribution >= 0.6 is 0 Å². The Hall–Kier alpha value is -4.24. The highest BCUT2D eigenvalue weighted by Gasteiger charge is 2.15. The van der Waals surface area contributed by atoms with Gasteiger partial charge in [0.2, 0.25) is 0 Å². The van der Waals surface area contributed by atoms with Crippen molar-refractivity contribution in [2.75, 3.05) is 13.2 Å². The summed E-state index contributed by atoms with van der Waals surface area (Å²) in [6, 6.07) is 5.56. The number of carbonyl (C=O) groups is 3. The van der Waals surface area contributed by atoms with E-state index < -0.39 is 11.9 Å². The van der Waals surface area contributed by atoms with Crippen molar-refractivity contribution in [3.05, 3.63) is 69.8 Å². The number of hydrogen-bond acceptors (Lipinski definition) is 9. The molecule has 0 radical (unpaired) electrons. The second kappa shape index (κ2) is 10.3. The minimum Gasteiger partial charge on any atom is -0.512 e. The molecule has 11 heteroatoms. The summed E-state index contributed by atoms with van der Waals surface area (Å²) in [6.45, 7) is 2.27. The van der Waals surface area contributed by atoms with E-state index in [1.165, 1.54) is 50.5 Å². The Kier molecular flexibility index (Phi) is 7.60. The van der Waals surface area contributed by atoms with Gasteiger partial charge in [-0.05, 0) is 37.6 Å². The van der Waals surface area contributed by atoms with E-state index in [4.69, 9.17) is 15.0 Å². The number of hydrogen-bond donors (Lipinski definition) is 1. The summed E-state index contributed by atoms with van der Waals surface area (Å²) in [5, 5.41) is 12.9. The summed E-state index contributed by atoms with van der Waals surface area (Å²) in [5.41, 5.74) is 9.03. The van der Waals surface area contributed by atoms with Crippen molar-refractivity contribution in [2.24, 2.45) is 5.11 Å². The Balaban J connectivity index is 1.86. The van der Waals surface area contributed by atoms with Crippen LogP contribution in [0.3, 0.4) is 0 Å². The smallest absolute Gasteiger partial charge is 0.357 e. The van der Waals surface area contributed by atoms with Crippen LogP contribution in [-0.4, -0.2) is 46.0 Å². The maximum absolute atomic E-state index is 12.0. The average molecular weight is 411 g/mol. The van der Waals surface area contributed by atoms with Crippen molar-refractivity contribution >= 4 is 29.0 Å². The molecule has 30 heavy (non-hydrogen) atoms. The predicted octanol–water partition coefficient (Wildman–Crippen LogP) is 3.31. The van der Waals surface area contributed by atoms with Crippen molar-refractivity contribution in [3.63, 3.8) is 0 Å². The maximum atomic E-state index is 12.0. The third kappa shape index (κ3) is 5.88. The van der Waals surface area contributed by atoms with Gasteiger partial charge in [-0.25, -0.2) is 19.6 Å². The number of ketones is 1. The zero-order chi connectivity index (χ0) is 22.1. The molecule has 0 aliphatic rings. The van der Waals surface area contributed by atoms with Gasteiger partial charge in [-0.15, -0.1) is 0 Å². The van der Waals surface area contributed by atoms with Crippen LogP contribution < -0.4 is 0 Å². The average Bonchev–Trinajstić information content (AvgIpc) is 2.71. The number of pyridine rings is 2. The lowest BCUT2D eigenvalue weighted by atomic mass is 10.0. The molecule has 0 bridgehead atoms. The van der Waals surface area contributed by atoms with Crippen molar-refractivity contribution in [3.8, 4) is 0 Å². The molecule has 2 heterocycles. The van der Waals surface area contributed by atoms with Gasteiger partial charge in [0.1, 0.15) is 30.4 Å². The highest BCUT2D eigenvalue weighted by atomic mass is 16.6. The molecule has 0 amide bonds. The van der Waals surface area contributed by atoms with Gasteiger partial charge in [-0.3, -0.25) is 4.79 Å². The fraction of sp³-hybridized carbons (Fsp3) is 0.211. The Morgan fingerprint density at radius 3 is 1.97 bits per heavy atom. The van der Waals surface area contributed by atoms with Crippen molar-refractivity contribution in [1.82, 2.24) is 9.97 Å². The number of azide groups is 1. The monoisotopic (exact) mass is 411 g/mol. The molecule has 0 fully saturated rings. The number of aliphatic hydroxyl groups excluding tert-OH is 1. The molecule has 0 saturated carbocycles. The van der Waals surface area contributed by atoms with Gasteiger partial charge in [-0.1, -0.05) is 11.2 Å². The zero-order valence-corrected chi connectivity index (χ0v) is 16.1. The summed E-state index contributed by atoms with van der Waals surface area (Å²) in [4.78, 5) is 45.8. The molecule has 0 saturated heterocycles. The van der Waals surface area contributed by atoms with E-state index >= 15 is 0 Å². The zero-order valence-electron chi connectivity index (χ0n) is 16.1. The lowest BCUT2D eigenvalue weighted by Crippen LogP contribution is -2.15. The maximum Gasteiger partial charge on any atom is 0.357 e. The van der Waals surface area contributed by atoms with Crippen LogP contribution in [0.4, 0.5) is 5.69 Å². The summed E-state index contributed by atoms with van der Waals surface area (Å²) < 4.78 is 9.92. The third-order valence-electron chi connectivity index (χ3n) is 3.64. The normalized spacial score (nSPS) is 11.0. The molecular formula is C19H17N5O6. The first-order chi connectivity index (χ1) is 14.3. The van der Waals surface area contributed by atoms with E-state index in [1.807, 2.05) is 0 Å². The third-order valence-corrected chi connectivity index (χ3v) is 3.64. The Morgan fingerprint density at radius 2 is 1.57 bits per heavy atom. The van der Waals surface area contributed by atoms with Gasteiger partial charge < -0.3 is 14.6 Å². The van der Waals surface area contributed by atoms with Crippen molar-refractivity contribution in [1.29, 1.82) is 0 Å². The highest BCUT2D eigenvalue weighted by Crippen LogP contribution is 2.18. The van der Waals surface area contributed by atoms with E-state index in [0.717, 1.165) is 0 Å². The molecule has 0 aromatic carbocycles. The van der Waals surface area contributed by atoms with E-state index in [0.29, 0.717) is 5.56 Å². The molecule has 2 aromatic rings. The SMILES string of the molecule is CC(=O)C(=C(C)O)c1ccc(C(=O)OCCOC(=O)c2ccc(N=[N+]=[N-])cn2)nc1. The number of Topliss-reactive ketones (excluding diaryl/α,β-unsaturated/α-hetero) is 1. The molecule has 0 unspecified atom stereocenters. The van der Waals surface area contributed by atoms with Gasteiger partial charge in [-0.2, -0.15) is 0 Å². The summed E-state index contributed by atoms with van der Waals surface area (Å²) in [6.07, 6.45) is 2.50. The number of allylic oxidation sites excluding steroid dienone is 2. The van der Waals surface area contributed by atoms with Gasteiger partial charge in [0.25, 0.3) is 0 Å². The Morgan fingerprint density at radius 1 is 1.00 bits per heavy atom. The number of nitrogens with zero attached hydrogens (tertiary/aromatic N) is 5. The largest absolute Gasteiger partial charge is 0.512 e. The second-order valence-electron chi connectivity index (χ2n) is 5.81. The van der Waals surface area contributed by atoms with Crippen LogP contribution in [0.15, 0.2) is 47.5 Å². The Labute approximate surface area is 170 Å². The van der Waals surface area contributed by atoms with Crippen LogP contribution in [0.2, 0.25) is 0 Å². The first-order valence-electron chi connectivity index (χ1n) is 8.56. The second-order valence-corrected chi connectivity index (χ2v) is 5.81. The molecule has 2 aromatic heterocycles. The van der Waals surface area contributed by atoms with E-state index in [1.54, 1.807) is 0 Å². The fourth-order valence-corrected chi connectivity index (χ4v) is 2.36. The first-order valence-corrected chi connectivity index (χ1v) is 8.56. The number of aromatic nitrogens is 2. The fourth-order valence-electron chi connectivity index (χ4n) is 2.36. The quantitative estimate of drug-likeness (QED) is 0.131. The molecule has 154 valence electrons. The molecule has 2 rings (SSSR count). The molecule has 0 aliphatic heterocycles. The Bertz CT molecular complexity index is 1020. The van der Waals surface area contributed by atoms with E-state index in [2.05, 4.69) is 20.0 Å². The highest BCUT2D eigenvalue weighted by molar-refractivity contribution is 6.20. The molecule has 0 aliphatic carbocycles. The molecule has 1 N–H and O–H groups in total. The first kappa shape index (κ1) is 22.1.